The number of carbonyl (C=O) groups is 2. The zero-order chi connectivity index (χ0) is 13.1. The van der Waals surface area contributed by atoms with Crippen molar-refractivity contribution in [3.05, 3.63) is 47.3 Å². The fourth-order valence-electron chi connectivity index (χ4n) is 1.57. The third kappa shape index (κ3) is 2.31. The first kappa shape index (κ1) is 12.4. The van der Waals surface area contributed by atoms with Crippen LogP contribution >= 0.6 is 0 Å². The van der Waals surface area contributed by atoms with Crippen molar-refractivity contribution in [1.82, 2.24) is 4.98 Å². The second-order valence-corrected chi connectivity index (χ2v) is 5.27. The first-order valence-electron chi connectivity index (χ1n) is 5.27. The van der Waals surface area contributed by atoms with Crippen LogP contribution in [0, 0.1) is 6.92 Å². The summed E-state index contributed by atoms with van der Waals surface area (Å²) in [7, 11) is -1.47. The molecule has 0 bridgehead atoms. The Bertz CT molecular complexity index is 614. The minimum atomic E-state index is -1.47. The van der Waals surface area contributed by atoms with Gasteiger partial charge in [-0.3, -0.25) is 9.59 Å². The van der Waals surface area contributed by atoms with Gasteiger partial charge in [-0.25, -0.2) is 4.21 Å². The highest BCUT2D eigenvalue weighted by Crippen LogP contribution is 2.20. The summed E-state index contributed by atoms with van der Waals surface area (Å²) in [5.41, 5.74) is 1.48. The number of aldehydes is 2. The molecular weight excluding hydrogens is 250 g/mol. The Morgan fingerprint density at radius 2 is 1.78 bits per heavy atom. The van der Waals surface area contributed by atoms with E-state index in [9.17, 15) is 13.8 Å². The van der Waals surface area contributed by atoms with Gasteiger partial charge in [0, 0.05) is 4.90 Å². The minimum absolute atomic E-state index is 0.177. The fraction of sp³-hybridized carbons (Fsp3) is 0.0769. The van der Waals surface area contributed by atoms with E-state index in [1.54, 1.807) is 12.1 Å². The quantitative estimate of drug-likeness (QED) is 0.857. The van der Waals surface area contributed by atoms with Crippen molar-refractivity contribution < 1.29 is 13.8 Å². The molecule has 0 amide bonds. The van der Waals surface area contributed by atoms with E-state index in [0.717, 1.165) is 5.56 Å². The highest BCUT2D eigenvalue weighted by Gasteiger charge is 2.15. The smallest absolute Gasteiger partial charge is 0.167 e. The molecule has 0 aliphatic rings. The molecule has 0 aliphatic carbocycles. The summed E-state index contributed by atoms with van der Waals surface area (Å²) in [5.74, 6) is 0. The van der Waals surface area contributed by atoms with E-state index in [-0.39, 0.29) is 11.4 Å². The summed E-state index contributed by atoms with van der Waals surface area (Å²) in [6.07, 6.45) is 1.15. The van der Waals surface area contributed by atoms with Crippen molar-refractivity contribution in [1.29, 1.82) is 0 Å². The van der Waals surface area contributed by atoms with Crippen LogP contribution < -0.4 is 0 Å². The van der Waals surface area contributed by atoms with Crippen molar-refractivity contribution >= 4 is 23.4 Å². The van der Waals surface area contributed by atoms with Gasteiger partial charge in [-0.2, -0.15) is 0 Å². The molecule has 0 spiro atoms. The number of hydrogen-bond donors (Lipinski definition) is 1. The van der Waals surface area contributed by atoms with Gasteiger partial charge in [0.15, 0.2) is 12.6 Å². The Labute approximate surface area is 106 Å². The van der Waals surface area contributed by atoms with E-state index in [0.29, 0.717) is 22.4 Å². The predicted molar refractivity (Wildman–Crippen MR) is 67.4 cm³/mol. The van der Waals surface area contributed by atoms with Gasteiger partial charge in [-0.1, -0.05) is 17.7 Å². The van der Waals surface area contributed by atoms with Crippen molar-refractivity contribution in [2.24, 2.45) is 0 Å². The Kier molecular flexibility index (Phi) is 3.53. The largest absolute Gasteiger partial charge is 0.349 e. The number of rotatable bonds is 4. The summed E-state index contributed by atoms with van der Waals surface area (Å²) < 4.78 is 12.3. The maximum absolute atomic E-state index is 12.3. The van der Waals surface area contributed by atoms with Crippen LogP contribution in [-0.4, -0.2) is 21.8 Å². The molecule has 92 valence electrons. The van der Waals surface area contributed by atoms with Gasteiger partial charge in [-0.05, 0) is 25.1 Å². The van der Waals surface area contributed by atoms with Crippen molar-refractivity contribution in [3.63, 3.8) is 0 Å². The molecule has 1 aromatic heterocycles. The molecule has 0 aliphatic heterocycles. The number of H-pyrrole nitrogens is 1. The van der Waals surface area contributed by atoms with Gasteiger partial charge in [0.1, 0.15) is 0 Å². The van der Waals surface area contributed by atoms with E-state index < -0.39 is 10.8 Å². The monoisotopic (exact) mass is 261 g/mol. The molecular formula is C13H11NO3S. The van der Waals surface area contributed by atoms with E-state index in [2.05, 4.69) is 4.98 Å². The first-order valence-corrected chi connectivity index (χ1v) is 6.42. The topological polar surface area (TPSA) is 67.0 Å². The van der Waals surface area contributed by atoms with Crippen LogP contribution in [0.5, 0.6) is 0 Å². The lowest BCUT2D eigenvalue weighted by Gasteiger charge is -2.01. The van der Waals surface area contributed by atoms with E-state index in [1.165, 1.54) is 6.07 Å². The molecule has 0 radical (unpaired) electrons. The average Bonchev–Trinajstić information content (AvgIpc) is 2.82. The normalized spacial score (nSPS) is 12.1. The van der Waals surface area contributed by atoms with Crippen molar-refractivity contribution in [2.75, 3.05) is 0 Å². The number of aromatic amines is 1. The maximum atomic E-state index is 12.3. The summed E-state index contributed by atoms with van der Waals surface area (Å²) in [5, 5.41) is 0. The van der Waals surface area contributed by atoms with Gasteiger partial charge in [0.05, 0.1) is 27.1 Å². The molecule has 0 fully saturated rings. The van der Waals surface area contributed by atoms with E-state index in [1.807, 2.05) is 19.1 Å². The molecule has 1 unspecified atom stereocenters. The van der Waals surface area contributed by atoms with Crippen LogP contribution in [0.25, 0.3) is 0 Å². The van der Waals surface area contributed by atoms with Gasteiger partial charge >= 0.3 is 0 Å². The molecule has 0 saturated carbocycles. The SMILES string of the molecule is Cc1ccc(S(=O)c2cc(C=O)[nH]c2C=O)cc1. The lowest BCUT2D eigenvalue weighted by molar-refractivity contribution is 0.111. The van der Waals surface area contributed by atoms with Gasteiger partial charge in [0.25, 0.3) is 0 Å². The van der Waals surface area contributed by atoms with Crippen LogP contribution in [0.4, 0.5) is 0 Å². The number of benzene rings is 1. The highest BCUT2D eigenvalue weighted by molar-refractivity contribution is 7.85. The molecule has 1 N–H and O–H groups in total. The molecule has 5 heteroatoms. The zero-order valence-corrected chi connectivity index (χ0v) is 10.5. The lowest BCUT2D eigenvalue weighted by atomic mass is 10.2. The number of aromatic nitrogens is 1. The molecule has 2 rings (SSSR count). The number of carbonyl (C=O) groups excluding carboxylic acids is 2. The summed E-state index contributed by atoms with van der Waals surface area (Å²) >= 11 is 0. The third-order valence-electron chi connectivity index (χ3n) is 2.51. The van der Waals surface area contributed by atoms with Gasteiger partial charge < -0.3 is 4.98 Å². The van der Waals surface area contributed by atoms with Crippen LogP contribution in [-0.2, 0) is 10.8 Å². The molecule has 1 heterocycles. The standard InChI is InChI=1S/C13H11NO3S/c1-9-2-4-11(5-3-9)18(17)13-6-10(7-15)14-12(13)8-16/h2-8,14H,1H3. The fourth-order valence-corrected chi connectivity index (χ4v) is 2.74. The number of aryl methyl sites for hydroxylation is 1. The predicted octanol–water partition coefficient (Wildman–Crippen LogP) is 2.11. The Morgan fingerprint density at radius 3 is 2.33 bits per heavy atom. The first-order chi connectivity index (χ1) is 8.65. The minimum Gasteiger partial charge on any atom is -0.349 e. The highest BCUT2D eigenvalue weighted by atomic mass is 32.2. The van der Waals surface area contributed by atoms with Crippen LogP contribution in [0.1, 0.15) is 26.5 Å². The lowest BCUT2D eigenvalue weighted by Crippen LogP contribution is -1.95. The zero-order valence-electron chi connectivity index (χ0n) is 9.67. The maximum Gasteiger partial charge on any atom is 0.167 e. The van der Waals surface area contributed by atoms with Crippen LogP contribution in [0.2, 0.25) is 0 Å². The Balaban J connectivity index is 2.44. The summed E-state index contributed by atoms with van der Waals surface area (Å²) in [6.45, 7) is 1.93. The molecule has 2 aromatic rings. The second kappa shape index (κ2) is 5.10. The molecule has 0 saturated heterocycles. The molecule has 1 atom stereocenters. The summed E-state index contributed by atoms with van der Waals surface area (Å²) in [4.78, 5) is 25.1. The molecule has 1 aromatic carbocycles. The van der Waals surface area contributed by atoms with Crippen molar-refractivity contribution in [3.8, 4) is 0 Å². The van der Waals surface area contributed by atoms with Gasteiger partial charge in [-0.15, -0.1) is 0 Å². The van der Waals surface area contributed by atoms with Gasteiger partial charge in [0.2, 0.25) is 0 Å². The van der Waals surface area contributed by atoms with Crippen molar-refractivity contribution in [2.45, 2.75) is 16.7 Å². The van der Waals surface area contributed by atoms with Crippen LogP contribution in [0.15, 0.2) is 40.1 Å². The molecule has 18 heavy (non-hydrogen) atoms. The Morgan fingerprint density at radius 1 is 1.11 bits per heavy atom. The second-order valence-electron chi connectivity index (χ2n) is 3.82. The van der Waals surface area contributed by atoms with Crippen LogP contribution in [0.3, 0.4) is 0 Å². The molecule has 4 nitrogen and oxygen atoms in total. The number of nitrogens with one attached hydrogen (secondary N) is 1. The number of hydrogen-bond acceptors (Lipinski definition) is 3. The Hall–Kier alpha value is -2.01. The third-order valence-corrected chi connectivity index (χ3v) is 3.95. The summed E-state index contributed by atoms with van der Waals surface area (Å²) in [6, 6.07) is 8.62. The van der Waals surface area contributed by atoms with E-state index in [4.69, 9.17) is 0 Å². The average molecular weight is 261 g/mol. The van der Waals surface area contributed by atoms with E-state index >= 15 is 0 Å².